The molecular weight excluding hydrogens is 260 g/mol. The molecule has 1 aromatic carbocycles. The van der Waals surface area contributed by atoms with Gasteiger partial charge in [0.2, 0.25) is 0 Å². The van der Waals surface area contributed by atoms with Gasteiger partial charge in [0.15, 0.2) is 0 Å². The molecule has 0 saturated carbocycles. The summed E-state index contributed by atoms with van der Waals surface area (Å²) in [5.41, 5.74) is 4.56. The Morgan fingerprint density at radius 2 is 1.95 bits per heavy atom. The first kappa shape index (κ1) is 14.9. The molecule has 0 aromatic heterocycles. The van der Waals surface area contributed by atoms with Crippen LogP contribution in [-0.2, 0) is 17.6 Å². The molecule has 116 valence electrons. The van der Waals surface area contributed by atoms with Gasteiger partial charge in [-0.15, -0.1) is 0 Å². The molecule has 3 nitrogen and oxygen atoms in total. The fourth-order valence-corrected chi connectivity index (χ4v) is 3.51. The third-order valence-corrected chi connectivity index (χ3v) is 4.67. The van der Waals surface area contributed by atoms with E-state index >= 15 is 0 Å². The number of benzene rings is 1. The number of nitrogens with zero attached hydrogens (tertiary/aromatic N) is 2. The van der Waals surface area contributed by atoms with E-state index < -0.39 is 0 Å². The van der Waals surface area contributed by atoms with Gasteiger partial charge in [-0.25, -0.2) is 0 Å². The molecule has 0 aliphatic carbocycles. The van der Waals surface area contributed by atoms with E-state index in [0.29, 0.717) is 0 Å². The van der Waals surface area contributed by atoms with E-state index in [9.17, 15) is 0 Å². The smallest absolute Gasteiger partial charge is 0.0594 e. The number of morpholine rings is 1. The molecular formula is C18H28N2O. The Kier molecular flexibility index (Phi) is 5.15. The molecule has 2 aliphatic rings. The number of hydrogen-bond donors (Lipinski definition) is 0. The zero-order valence-electron chi connectivity index (χ0n) is 13.3. The Morgan fingerprint density at radius 1 is 1.10 bits per heavy atom. The van der Waals surface area contributed by atoms with Crippen LogP contribution >= 0.6 is 0 Å². The lowest BCUT2D eigenvalue weighted by Crippen LogP contribution is -2.36. The van der Waals surface area contributed by atoms with E-state index in [-0.39, 0.29) is 0 Å². The number of ether oxygens (including phenoxy) is 1. The van der Waals surface area contributed by atoms with Gasteiger partial charge in [0.05, 0.1) is 13.2 Å². The number of aryl methyl sites for hydroxylation is 1. The zero-order chi connectivity index (χ0) is 14.5. The minimum absolute atomic E-state index is 0.909. The second-order valence-electron chi connectivity index (χ2n) is 6.26. The van der Waals surface area contributed by atoms with E-state index in [1.165, 1.54) is 56.6 Å². The van der Waals surface area contributed by atoms with Crippen LogP contribution in [0.5, 0.6) is 0 Å². The molecule has 0 amide bonds. The summed E-state index contributed by atoms with van der Waals surface area (Å²) in [4.78, 5) is 5.06. The van der Waals surface area contributed by atoms with Gasteiger partial charge in [0.25, 0.3) is 0 Å². The Hall–Kier alpha value is -1.06. The Morgan fingerprint density at radius 3 is 2.76 bits per heavy atom. The number of anilines is 1. The molecule has 2 heterocycles. The average molecular weight is 288 g/mol. The second kappa shape index (κ2) is 7.28. The van der Waals surface area contributed by atoms with Gasteiger partial charge in [-0.2, -0.15) is 0 Å². The van der Waals surface area contributed by atoms with Crippen LogP contribution in [0.2, 0.25) is 0 Å². The van der Waals surface area contributed by atoms with Crippen molar-refractivity contribution in [2.24, 2.45) is 0 Å². The molecule has 2 aliphatic heterocycles. The van der Waals surface area contributed by atoms with Crippen LogP contribution in [0.25, 0.3) is 0 Å². The maximum atomic E-state index is 5.40. The molecule has 21 heavy (non-hydrogen) atoms. The minimum Gasteiger partial charge on any atom is -0.379 e. The van der Waals surface area contributed by atoms with Gasteiger partial charge in [0.1, 0.15) is 0 Å². The largest absolute Gasteiger partial charge is 0.379 e. The van der Waals surface area contributed by atoms with E-state index in [0.717, 1.165) is 26.3 Å². The average Bonchev–Trinajstić information content (AvgIpc) is 2.91. The topological polar surface area (TPSA) is 15.7 Å². The normalized spacial score (nSPS) is 19.0. The van der Waals surface area contributed by atoms with Crippen molar-refractivity contribution >= 4 is 5.69 Å². The van der Waals surface area contributed by atoms with Crippen LogP contribution in [0.1, 0.15) is 30.9 Å². The van der Waals surface area contributed by atoms with Gasteiger partial charge in [0, 0.05) is 31.9 Å². The number of rotatable bonds is 6. The first-order chi connectivity index (χ1) is 10.4. The zero-order valence-corrected chi connectivity index (χ0v) is 13.3. The highest BCUT2D eigenvalue weighted by molar-refractivity contribution is 5.59. The van der Waals surface area contributed by atoms with Crippen molar-refractivity contribution in [1.82, 2.24) is 4.90 Å². The minimum atomic E-state index is 0.909. The maximum absolute atomic E-state index is 5.40. The number of fused-ring (bicyclic) bond motifs is 1. The third kappa shape index (κ3) is 3.78. The monoisotopic (exact) mass is 288 g/mol. The molecule has 0 N–H and O–H groups in total. The SMILES string of the molecule is CCCN1CCc2cc(CCCN3CCOCC3)ccc21. The standard InChI is InChI=1S/C18H28N2O/c1-2-8-20-10-7-17-15-16(5-6-18(17)20)4-3-9-19-11-13-21-14-12-19/h5-6,15H,2-4,7-14H2,1H3. The van der Waals surface area contributed by atoms with E-state index in [1.54, 1.807) is 5.56 Å². The van der Waals surface area contributed by atoms with Crippen LogP contribution in [0.4, 0.5) is 5.69 Å². The fourth-order valence-electron chi connectivity index (χ4n) is 3.51. The van der Waals surface area contributed by atoms with Crippen LogP contribution in [0.3, 0.4) is 0 Å². The van der Waals surface area contributed by atoms with Crippen molar-refractivity contribution in [2.45, 2.75) is 32.6 Å². The predicted octanol–water partition coefficient (Wildman–Crippen LogP) is 2.72. The first-order valence-electron chi connectivity index (χ1n) is 8.53. The molecule has 1 aromatic rings. The van der Waals surface area contributed by atoms with Crippen molar-refractivity contribution in [1.29, 1.82) is 0 Å². The van der Waals surface area contributed by atoms with Crippen LogP contribution in [-0.4, -0.2) is 50.8 Å². The number of hydrogen-bond acceptors (Lipinski definition) is 3. The van der Waals surface area contributed by atoms with E-state index in [4.69, 9.17) is 4.74 Å². The van der Waals surface area contributed by atoms with E-state index in [2.05, 4.69) is 34.9 Å². The molecule has 1 fully saturated rings. The Labute approximate surface area is 128 Å². The predicted molar refractivity (Wildman–Crippen MR) is 88.2 cm³/mol. The van der Waals surface area contributed by atoms with Crippen molar-refractivity contribution in [3.8, 4) is 0 Å². The van der Waals surface area contributed by atoms with Crippen molar-refractivity contribution in [2.75, 3.05) is 50.8 Å². The molecule has 3 heteroatoms. The fraction of sp³-hybridized carbons (Fsp3) is 0.667. The van der Waals surface area contributed by atoms with Crippen molar-refractivity contribution in [3.63, 3.8) is 0 Å². The summed E-state index contributed by atoms with van der Waals surface area (Å²) in [6, 6.07) is 7.14. The molecule has 0 unspecified atom stereocenters. The lowest BCUT2D eigenvalue weighted by atomic mass is 10.0. The summed E-state index contributed by atoms with van der Waals surface area (Å²) in [5, 5.41) is 0. The van der Waals surface area contributed by atoms with Gasteiger partial charge < -0.3 is 9.64 Å². The third-order valence-electron chi connectivity index (χ3n) is 4.67. The van der Waals surface area contributed by atoms with Gasteiger partial charge in [-0.05, 0) is 49.4 Å². The summed E-state index contributed by atoms with van der Waals surface area (Å²) in [5.74, 6) is 0. The Balaban J connectivity index is 1.50. The van der Waals surface area contributed by atoms with Crippen LogP contribution < -0.4 is 4.90 Å². The molecule has 0 spiro atoms. The molecule has 1 saturated heterocycles. The Bertz CT molecular complexity index is 455. The highest BCUT2D eigenvalue weighted by atomic mass is 16.5. The van der Waals surface area contributed by atoms with Gasteiger partial charge in [-0.3, -0.25) is 4.90 Å². The lowest BCUT2D eigenvalue weighted by molar-refractivity contribution is 0.0375. The van der Waals surface area contributed by atoms with Crippen molar-refractivity contribution in [3.05, 3.63) is 29.3 Å². The van der Waals surface area contributed by atoms with Crippen molar-refractivity contribution < 1.29 is 4.74 Å². The highest BCUT2D eigenvalue weighted by Gasteiger charge is 2.18. The second-order valence-corrected chi connectivity index (χ2v) is 6.26. The summed E-state index contributed by atoms with van der Waals surface area (Å²) >= 11 is 0. The summed E-state index contributed by atoms with van der Waals surface area (Å²) < 4.78 is 5.40. The van der Waals surface area contributed by atoms with Crippen LogP contribution in [0, 0.1) is 0 Å². The van der Waals surface area contributed by atoms with Gasteiger partial charge in [-0.1, -0.05) is 19.1 Å². The summed E-state index contributed by atoms with van der Waals surface area (Å²) in [7, 11) is 0. The van der Waals surface area contributed by atoms with E-state index in [1.807, 2.05) is 0 Å². The van der Waals surface area contributed by atoms with Crippen LogP contribution in [0.15, 0.2) is 18.2 Å². The molecule has 3 rings (SSSR count). The quantitative estimate of drug-likeness (QED) is 0.800. The molecule has 0 atom stereocenters. The first-order valence-corrected chi connectivity index (χ1v) is 8.53. The molecule has 0 bridgehead atoms. The maximum Gasteiger partial charge on any atom is 0.0594 e. The lowest BCUT2D eigenvalue weighted by Gasteiger charge is -2.26. The molecule has 0 radical (unpaired) electrons. The summed E-state index contributed by atoms with van der Waals surface area (Å²) in [6.07, 6.45) is 4.93. The highest BCUT2D eigenvalue weighted by Crippen LogP contribution is 2.29. The van der Waals surface area contributed by atoms with Gasteiger partial charge >= 0.3 is 0 Å². The summed E-state index contributed by atoms with van der Waals surface area (Å²) in [6.45, 7) is 9.91.